The summed E-state index contributed by atoms with van der Waals surface area (Å²) < 4.78 is 10.5. The lowest BCUT2D eigenvalue weighted by molar-refractivity contribution is 0.251. The van der Waals surface area contributed by atoms with Gasteiger partial charge in [-0.3, -0.25) is 10.3 Å². The molecule has 1 N–H and O–H groups in total. The van der Waals surface area contributed by atoms with Crippen molar-refractivity contribution in [1.82, 2.24) is 5.32 Å². The van der Waals surface area contributed by atoms with Gasteiger partial charge in [0.05, 0.1) is 14.2 Å². The molecule has 7 heteroatoms. The van der Waals surface area contributed by atoms with Crippen molar-refractivity contribution in [3.8, 4) is 11.5 Å². The molecular formula is C14H16N4O3. The van der Waals surface area contributed by atoms with Crippen molar-refractivity contribution >= 4 is 11.9 Å². The Hall–Kier alpha value is -2.70. The number of azo groups is 1. The van der Waals surface area contributed by atoms with Gasteiger partial charge >= 0.3 is 6.03 Å². The molecule has 0 fully saturated rings. The van der Waals surface area contributed by atoms with Crippen molar-refractivity contribution in [2.45, 2.75) is 6.42 Å². The van der Waals surface area contributed by atoms with E-state index in [9.17, 15) is 4.79 Å². The second-order valence-electron chi connectivity index (χ2n) is 4.23. The first-order valence-electron chi connectivity index (χ1n) is 6.31. The molecule has 1 heterocycles. The lowest BCUT2D eigenvalue weighted by atomic mass is 10.1. The van der Waals surface area contributed by atoms with Gasteiger partial charge in [-0.25, -0.2) is 4.79 Å². The van der Waals surface area contributed by atoms with Gasteiger partial charge in [0.1, 0.15) is 17.2 Å². The third-order valence-corrected chi connectivity index (χ3v) is 2.90. The molecule has 0 unspecified atom stereocenters. The third-order valence-electron chi connectivity index (χ3n) is 2.90. The fourth-order valence-corrected chi connectivity index (χ4v) is 1.85. The van der Waals surface area contributed by atoms with E-state index in [-0.39, 0.29) is 0 Å². The number of hydrogen-bond donors (Lipinski definition) is 1. The molecule has 0 saturated carbocycles. The number of nitrogens with one attached hydrogen (secondary N) is 1. The number of nitrogens with zero attached hydrogens (tertiary/aromatic N) is 3. The van der Waals surface area contributed by atoms with Gasteiger partial charge in [0.25, 0.3) is 0 Å². The van der Waals surface area contributed by atoms with E-state index in [0.29, 0.717) is 24.5 Å². The summed E-state index contributed by atoms with van der Waals surface area (Å²) >= 11 is 0. The zero-order valence-electron chi connectivity index (χ0n) is 11.9. The smallest absolute Gasteiger partial charge is 0.365 e. The number of amides is 2. The molecule has 7 nitrogen and oxygen atoms in total. The summed E-state index contributed by atoms with van der Waals surface area (Å²) in [4.78, 5) is 15.4. The van der Waals surface area contributed by atoms with Crippen LogP contribution >= 0.6 is 0 Å². The Labute approximate surface area is 122 Å². The normalized spacial score (nSPS) is 16.0. The predicted molar refractivity (Wildman–Crippen MR) is 78.1 cm³/mol. The van der Waals surface area contributed by atoms with Gasteiger partial charge < -0.3 is 9.47 Å². The summed E-state index contributed by atoms with van der Waals surface area (Å²) in [5, 5.41) is 9.46. The van der Waals surface area contributed by atoms with Crippen molar-refractivity contribution in [2.75, 3.05) is 20.8 Å². The third kappa shape index (κ3) is 3.65. The number of rotatable bonds is 5. The van der Waals surface area contributed by atoms with Crippen LogP contribution in [0.2, 0.25) is 0 Å². The molecule has 0 bridgehead atoms. The number of amidine groups is 1. The monoisotopic (exact) mass is 288 g/mol. The fraction of sp³-hybridized carbons (Fsp3) is 0.286. The van der Waals surface area contributed by atoms with Crippen LogP contribution in [0.5, 0.6) is 11.5 Å². The van der Waals surface area contributed by atoms with Crippen molar-refractivity contribution in [3.63, 3.8) is 0 Å². The van der Waals surface area contributed by atoms with Gasteiger partial charge in [0.2, 0.25) is 0 Å². The molecule has 2 rings (SSSR count). The standard InChI is InChI=1S/C14H16N4O3/c1-9-13(16-14(19)18-17-9)15-7-6-10-8-11(20-2)4-5-12(10)21-3/h4-5,8H,1,6-7H2,2-3H3,(H,15,16,19). The Morgan fingerprint density at radius 3 is 2.81 bits per heavy atom. The Balaban J connectivity index is 2.08. The average molecular weight is 288 g/mol. The molecule has 1 aliphatic heterocycles. The summed E-state index contributed by atoms with van der Waals surface area (Å²) in [5.74, 6) is 1.86. The van der Waals surface area contributed by atoms with E-state index in [2.05, 4.69) is 27.1 Å². The van der Waals surface area contributed by atoms with Gasteiger partial charge in [-0.05, 0) is 30.2 Å². The van der Waals surface area contributed by atoms with Gasteiger partial charge in [-0.1, -0.05) is 11.7 Å². The van der Waals surface area contributed by atoms with Crippen molar-refractivity contribution in [1.29, 1.82) is 0 Å². The molecule has 1 aliphatic rings. The number of aliphatic imine (C=N–C) groups is 1. The average Bonchev–Trinajstić information content (AvgIpc) is 2.50. The molecule has 0 aromatic heterocycles. The van der Waals surface area contributed by atoms with Gasteiger partial charge in [-0.15, -0.1) is 5.11 Å². The topological polar surface area (TPSA) is 84.6 Å². The number of urea groups is 1. The number of carbonyl (C=O) groups excluding carboxylic acids is 1. The van der Waals surface area contributed by atoms with E-state index in [1.807, 2.05) is 18.2 Å². The molecule has 0 atom stereocenters. The molecule has 21 heavy (non-hydrogen) atoms. The molecule has 2 amide bonds. The maximum atomic E-state index is 11.1. The highest BCUT2D eigenvalue weighted by molar-refractivity contribution is 6.08. The summed E-state index contributed by atoms with van der Waals surface area (Å²) in [6, 6.07) is 5.03. The number of methoxy groups -OCH3 is 2. The summed E-state index contributed by atoms with van der Waals surface area (Å²) in [5.41, 5.74) is 1.31. The molecule has 1 aromatic rings. The van der Waals surface area contributed by atoms with Crippen LogP contribution in [-0.4, -0.2) is 32.6 Å². The Kier molecular flexibility index (Phi) is 4.65. The minimum atomic E-state index is -0.542. The number of carbonyl (C=O) groups is 1. The number of benzene rings is 1. The van der Waals surface area contributed by atoms with Crippen LogP contribution in [-0.2, 0) is 6.42 Å². The van der Waals surface area contributed by atoms with Crippen molar-refractivity contribution in [2.24, 2.45) is 15.2 Å². The molecule has 0 aliphatic carbocycles. The molecular weight excluding hydrogens is 272 g/mol. The van der Waals surface area contributed by atoms with Gasteiger partial charge in [0, 0.05) is 6.54 Å². The largest absolute Gasteiger partial charge is 0.497 e. The van der Waals surface area contributed by atoms with E-state index in [4.69, 9.17) is 9.47 Å². The number of hydrogen-bond acceptors (Lipinski definition) is 5. The maximum Gasteiger partial charge on any atom is 0.365 e. The van der Waals surface area contributed by atoms with Crippen LogP contribution in [0.1, 0.15) is 5.56 Å². The highest BCUT2D eigenvalue weighted by Crippen LogP contribution is 2.24. The molecule has 0 radical (unpaired) electrons. The lowest BCUT2D eigenvalue weighted by Crippen LogP contribution is -2.32. The van der Waals surface area contributed by atoms with Crippen LogP contribution in [0.25, 0.3) is 0 Å². The molecule has 1 aromatic carbocycles. The first-order chi connectivity index (χ1) is 10.1. The minimum Gasteiger partial charge on any atom is -0.497 e. The SMILES string of the molecule is C=C1N=NC(=O)NC1=NCCc1cc(OC)ccc1OC. The van der Waals surface area contributed by atoms with Gasteiger partial charge in [0.15, 0.2) is 5.84 Å². The van der Waals surface area contributed by atoms with Crippen LogP contribution in [0, 0.1) is 0 Å². The van der Waals surface area contributed by atoms with Crippen molar-refractivity contribution in [3.05, 3.63) is 36.0 Å². The fourth-order valence-electron chi connectivity index (χ4n) is 1.85. The highest BCUT2D eigenvalue weighted by atomic mass is 16.5. The summed E-state index contributed by atoms with van der Waals surface area (Å²) in [6.07, 6.45) is 0.629. The van der Waals surface area contributed by atoms with E-state index in [1.165, 1.54) is 0 Å². The van der Waals surface area contributed by atoms with Crippen molar-refractivity contribution < 1.29 is 14.3 Å². The molecule has 110 valence electrons. The van der Waals surface area contributed by atoms with Gasteiger partial charge in [-0.2, -0.15) is 0 Å². The summed E-state index contributed by atoms with van der Waals surface area (Å²) in [6.45, 7) is 4.12. The first-order valence-corrected chi connectivity index (χ1v) is 6.31. The Morgan fingerprint density at radius 1 is 1.29 bits per heavy atom. The highest BCUT2D eigenvalue weighted by Gasteiger charge is 2.14. The maximum absolute atomic E-state index is 11.1. The first kappa shape index (κ1) is 14.7. The second kappa shape index (κ2) is 6.65. The number of ether oxygens (including phenoxy) is 2. The molecule has 0 saturated heterocycles. The lowest BCUT2D eigenvalue weighted by Gasteiger charge is -2.11. The second-order valence-corrected chi connectivity index (χ2v) is 4.23. The Bertz CT molecular complexity index is 623. The van der Waals surface area contributed by atoms with Crippen LogP contribution in [0.15, 0.2) is 45.7 Å². The zero-order valence-corrected chi connectivity index (χ0v) is 11.9. The van der Waals surface area contributed by atoms with Crippen LogP contribution in [0.4, 0.5) is 4.79 Å². The van der Waals surface area contributed by atoms with E-state index >= 15 is 0 Å². The quantitative estimate of drug-likeness (QED) is 0.902. The van der Waals surface area contributed by atoms with E-state index in [0.717, 1.165) is 17.1 Å². The predicted octanol–water partition coefficient (Wildman–Crippen LogP) is 2.33. The van der Waals surface area contributed by atoms with Crippen LogP contribution < -0.4 is 14.8 Å². The van der Waals surface area contributed by atoms with E-state index < -0.39 is 6.03 Å². The minimum absolute atomic E-state index is 0.340. The molecule has 0 spiro atoms. The van der Waals surface area contributed by atoms with E-state index in [1.54, 1.807) is 14.2 Å². The summed E-state index contributed by atoms with van der Waals surface area (Å²) in [7, 11) is 3.22. The zero-order chi connectivity index (χ0) is 15.2. The Morgan fingerprint density at radius 2 is 2.10 bits per heavy atom. The van der Waals surface area contributed by atoms with Crippen LogP contribution in [0.3, 0.4) is 0 Å².